The molecule has 144 valence electrons. The van der Waals surface area contributed by atoms with Crippen LogP contribution in [0.3, 0.4) is 0 Å². The Morgan fingerprint density at radius 1 is 1.11 bits per heavy atom. The number of amides is 2. The maximum Gasteiger partial charge on any atom is 0.251 e. The quantitative estimate of drug-likeness (QED) is 0.774. The first kappa shape index (κ1) is 20.4. The SMILES string of the molecule is CCOc1ccc(C(=O)N[C@H](C(=O)Nc2cc(F)ccc2C)C(C)C)cc1. The van der Waals surface area contributed by atoms with E-state index >= 15 is 0 Å². The Morgan fingerprint density at radius 3 is 2.37 bits per heavy atom. The molecule has 5 nitrogen and oxygen atoms in total. The van der Waals surface area contributed by atoms with Crippen LogP contribution in [0.15, 0.2) is 42.5 Å². The Kier molecular flexibility index (Phi) is 6.93. The molecular weight excluding hydrogens is 347 g/mol. The second-order valence-corrected chi connectivity index (χ2v) is 6.60. The molecule has 0 aromatic heterocycles. The van der Waals surface area contributed by atoms with E-state index < -0.39 is 17.8 Å². The molecule has 0 saturated carbocycles. The zero-order valence-corrected chi connectivity index (χ0v) is 16.0. The molecule has 6 heteroatoms. The van der Waals surface area contributed by atoms with Gasteiger partial charge in [-0.05, 0) is 61.7 Å². The molecule has 0 heterocycles. The van der Waals surface area contributed by atoms with Crippen molar-refractivity contribution in [2.24, 2.45) is 5.92 Å². The van der Waals surface area contributed by atoms with Gasteiger partial charge in [-0.2, -0.15) is 0 Å². The predicted octanol–water partition coefficient (Wildman–Crippen LogP) is 3.93. The third-order valence-corrected chi connectivity index (χ3v) is 4.12. The molecule has 2 amide bonds. The third kappa shape index (κ3) is 5.54. The van der Waals surface area contributed by atoms with Crippen molar-refractivity contribution in [3.05, 3.63) is 59.4 Å². The number of benzene rings is 2. The van der Waals surface area contributed by atoms with Gasteiger partial charge in [-0.15, -0.1) is 0 Å². The summed E-state index contributed by atoms with van der Waals surface area (Å²) in [6.07, 6.45) is 0. The fourth-order valence-electron chi connectivity index (χ4n) is 2.57. The highest BCUT2D eigenvalue weighted by Gasteiger charge is 2.25. The second kappa shape index (κ2) is 9.16. The highest BCUT2D eigenvalue weighted by Crippen LogP contribution is 2.18. The molecule has 27 heavy (non-hydrogen) atoms. The van der Waals surface area contributed by atoms with Gasteiger partial charge in [0.05, 0.1) is 6.61 Å². The number of anilines is 1. The molecule has 0 saturated heterocycles. The number of hydrogen-bond acceptors (Lipinski definition) is 3. The second-order valence-electron chi connectivity index (χ2n) is 6.60. The summed E-state index contributed by atoms with van der Waals surface area (Å²) in [5, 5.41) is 5.45. The van der Waals surface area contributed by atoms with Crippen LogP contribution in [-0.2, 0) is 4.79 Å². The molecule has 0 aliphatic rings. The van der Waals surface area contributed by atoms with E-state index in [9.17, 15) is 14.0 Å². The van der Waals surface area contributed by atoms with Crippen molar-refractivity contribution in [1.29, 1.82) is 0 Å². The van der Waals surface area contributed by atoms with Crippen LogP contribution in [0, 0.1) is 18.7 Å². The van der Waals surface area contributed by atoms with Crippen molar-refractivity contribution in [2.75, 3.05) is 11.9 Å². The predicted molar refractivity (Wildman–Crippen MR) is 103 cm³/mol. The first-order valence-electron chi connectivity index (χ1n) is 8.92. The molecule has 0 unspecified atom stereocenters. The summed E-state index contributed by atoms with van der Waals surface area (Å²) in [6.45, 7) is 7.87. The van der Waals surface area contributed by atoms with Crippen LogP contribution in [-0.4, -0.2) is 24.5 Å². The summed E-state index contributed by atoms with van der Waals surface area (Å²) < 4.78 is 18.8. The Bertz CT molecular complexity index is 804. The number of halogens is 1. The van der Waals surface area contributed by atoms with Gasteiger partial charge < -0.3 is 15.4 Å². The van der Waals surface area contributed by atoms with Gasteiger partial charge in [0.2, 0.25) is 5.91 Å². The monoisotopic (exact) mass is 372 g/mol. The van der Waals surface area contributed by atoms with Crippen LogP contribution in [0.25, 0.3) is 0 Å². The van der Waals surface area contributed by atoms with E-state index in [1.807, 2.05) is 20.8 Å². The summed E-state index contributed by atoms with van der Waals surface area (Å²) in [4.78, 5) is 25.2. The molecule has 0 spiro atoms. The van der Waals surface area contributed by atoms with Crippen molar-refractivity contribution in [2.45, 2.75) is 33.7 Å². The minimum absolute atomic E-state index is 0.148. The fraction of sp³-hybridized carbons (Fsp3) is 0.333. The standard InChI is InChI=1S/C21H25FN2O3/c1-5-27-17-10-7-15(8-11-17)20(25)24-19(13(2)3)21(26)23-18-12-16(22)9-6-14(18)4/h6-13,19H,5H2,1-4H3,(H,23,26)(H,24,25)/t19-/m0/s1. The largest absolute Gasteiger partial charge is 0.494 e. The molecule has 0 fully saturated rings. The summed E-state index contributed by atoms with van der Waals surface area (Å²) in [6, 6.07) is 10.1. The Balaban J connectivity index is 2.10. The Labute approximate surface area is 158 Å². The average molecular weight is 372 g/mol. The van der Waals surface area contributed by atoms with Crippen LogP contribution in [0.4, 0.5) is 10.1 Å². The van der Waals surface area contributed by atoms with Gasteiger partial charge in [0.15, 0.2) is 0 Å². The minimum Gasteiger partial charge on any atom is -0.494 e. The van der Waals surface area contributed by atoms with E-state index in [1.165, 1.54) is 12.1 Å². The van der Waals surface area contributed by atoms with E-state index in [1.54, 1.807) is 37.3 Å². The molecular formula is C21H25FN2O3. The maximum absolute atomic E-state index is 13.4. The van der Waals surface area contributed by atoms with Crippen molar-refractivity contribution in [1.82, 2.24) is 5.32 Å². The number of aryl methyl sites for hydroxylation is 1. The van der Waals surface area contributed by atoms with Crippen molar-refractivity contribution in [3.63, 3.8) is 0 Å². The summed E-state index contributed by atoms with van der Waals surface area (Å²) in [5.74, 6) is -0.657. The van der Waals surface area contributed by atoms with Crippen LogP contribution >= 0.6 is 0 Å². The van der Waals surface area contributed by atoms with E-state index in [0.717, 1.165) is 5.56 Å². The molecule has 0 aliphatic carbocycles. The summed E-state index contributed by atoms with van der Waals surface area (Å²) in [7, 11) is 0. The molecule has 0 radical (unpaired) electrons. The number of hydrogen-bond donors (Lipinski definition) is 2. The highest BCUT2D eigenvalue weighted by atomic mass is 19.1. The van der Waals surface area contributed by atoms with Crippen LogP contribution in [0.5, 0.6) is 5.75 Å². The van der Waals surface area contributed by atoms with Gasteiger partial charge in [0.1, 0.15) is 17.6 Å². The zero-order chi connectivity index (χ0) is 20.0. The maximum atomic E-state index is 13.4. The lowest BCUT2D eigenvalue weighted by atomic mass is 10.0. The van der Waals surface area contributed by atoms with Gasteiger partial charge in [0.25, 0.3) is 5.91 Å². The van der Waals surface area contributed by atoms with E-state index in [2.05, 4.69) is 10.6 Å². The van der Waals surface area contributed by atoms with Gasteiger partial charge in [-0.3, -0.25) is 9.59 Å². The Morgan fingerprint density at radius 2 is 1.78 bits per heavy atom. The number of nitrogens with one attached hydrogen (secondary N) is 2. The highest BCUT2D eigenvalue weighted by molar-refractivity contribution is 6.01. The van der Waals surface area contributed by atoms with Crippen molar-refractivity contribution < 1.29 is 18.7 Å². The van der Waals surface area contributed by atoms with Gasteiger partial charge in [-0.25, -0.2) is 4.39 Å². The van der Waals surface area contributed by atoms with Crippen LogP contribution < -0.4 is 15.4 Å². The lowest BCUT2D eigenvalue weighted by Gasteiger charge is -2.22. The first-order chi connectivity index (χ1) is 12.8. The Hall–Kier alpha value is -2.89. The van der Waals surface area contributed by atoms with Gasteiger partial charge >= 0.3 is 0 Å². The molecule has 0 bridgehead atoms. The molecule has 2 N–H and O–H groups in total. The number of carbonyl (C=O) groups is 2. The molecule has 0 aliphatic heterocycles. The van der Waals surface area contributed by atoms with E-state index in [0.29, 0.717) is 23.6 Å². The number of ether oxygens (including phenoxy) is 1. The normalized spacial score (nSPS) is 11.8. The summed E-state index contributed by atoms with van der Waals surface area (Å²) in [5.41, 5.74) is 1.56. The third-order valence-electron chi connectivity index (χ3n) is 4.12. The molecule has 2 aromatic rings. The molecule has 2 rings (SSSR count). The number of carbonyl (C=O) groups excluding carboxylic acids is 2. The first-order valence-corrected chi connectivity index (χ1v) is 8.92. The molecule has 2 aromatic carbocycles. The minimum atomic E-state index is -0.758. The topological polar surface area (TPSA) is 67.4 Å². The summed E-state index contributed by atoms with van der Waals surface area (Å²) >= 11 is 0. The van der Waals surface area contributed by atoms with Crippen molar-refractivity contribution >= 4 is 17.5 Å². The van der Waals surface area contributed by atoms with E-state index in [4.69, 9.17) is 4.74 Å². The fourth-order valence-corrected chi connectivity index (χ4v) is 2.57. The lowest BCUT2D eigenvalue weighted by molar-refractivity contribution is -0.118. The number of rotatable bonds is 7. The van der Waals surface area contributed by atoms with Crippen molar-refractivity contribution in [3.8, 4) is 5.75 Å². The smallest absolute Gasteiger partial charge is 0.251 e. The van der Waals surface area contributed by atoms with Crippen LogP contribution in [0.1, 0.15) is 36.7 Å². The van der Waals surface area contributed by atoms with Gasteiger partial charge in [0, 0.05) is 11.3 Å². The van der Waals surface area contributed by atoms with Crippen LogP contribution in [0.2, 0.25) is 0 Å². The van der Waals surface area contributed by atoms with E-state index in [-0.39, 0.29) is 11.8 Å². The average Bonchev–Trinajstić information content (AvgIpc) is 2.63. The zero-order valence-electron chi connectivity index (χ0n) is 16.0. The lowest BCUT2D eigenvalue weighted by Crippen LogP contribution is -2.47. The molecule has 1 atom stereocenters. The van der Waals surface area contributed by atoms with Gasteiger partial charge in [-0.1, -0.05) is 19.9 Å².